The molecule has 0 bridgehead atoms. The first-order valence-electron chi connectivity index (χ1n) is 6.26. The lowest BCUT2D eigenvalue weighted by atomic mass is 9.74. The van der Waals surface area contributed by atoms with E-state index in [-0.39, 0.29) is 17.7 Å². The SMILES string of the molecule is Cc1ccc(C(=O)NC2(CC(=O)O)CCC2)c(O)c1. The number of amides is 1. The number of rotatable bonds is 4. The van der Waals surface area contributed by atoms with Crippen LogP contribution in [-0.4, -0.2) is 27.6 Å². The van der Waals surface area contributed by atoms with E-state index < -0.39 is 17.4 Å². The van der Waals surface area contributed by atoms with Gasteiger partial charge in [-0.25, -0.2) is 0 Å². The van der Waals surface area contributed by atoms with Crippen LogP contribution < -0.4 is 5.32 Å². The van der Waals surface area contributed by atoms with Crippen molar-refractivity contribution in [2.24, 2.45) is 0 Å². The van der Waals surface area contributed by atoms with Crippen LogP contribution in [0.1, 0.15) is 41.6 Å². The van der Waals surface area contributed by atoms with Gasteiger partial charge in [0.15, 0.2) is 0 Å². The van der Waals surface area contributed by atoms with E-state index in [9.17, 15) is 14.7 Å². The largest absolute Gasteiger partial charge is 0.507 e. The summed E-state index contributed by atoms with van der Waals surface area (Å²) in [6.45, 7) is 1.82. The van der Waals surface area contributed by atoms with Crippen molar-refractivity contribution in [3.05, 3.63) is 29.3 Å². The van der Waals surface area contributed by atoms with Crippen molar-refractivity contribution in [2.75, 3.05) is 0 Å². The third-order valence-corrected chi connectivity index (χ3v) is 3.58. The standard InChI is InChI=1S/C14H17NO4/c1-9-3-4-10(11(16)7-9)13(19)15-14(5-2-6-14)8-12(17)18/h3-4,7,16H,2,5-6,8H2,1H3,(H,15,19)(H,17,18). The number of hydrogen-bond acceptors (Lipinski definition) is 3. The van der Waals surface area contributed by atoms with E-state index in [4.69, 9.17) is 5.11 Å². The Morgan fingerprint density at radius 2 is 2.05 bits per heavy atom. The number of carbonyl (C=O) groups excluding carboxylic acids is 1. The molecular weight excluding hydrogens is 246 g/mol. The van der Waals surface area contributed by atoms with E-state index in [0.717, 1.165) is 12.0 Å². The molecule has 5 nitrogen and oxygen atoms in total. The molecule has 3 N–H and O–H groups in total. The number of carboxylic acid groups (broad SMARTS) is 1. The molecule has 0 heterocycles. The summed E-state index contributed by atoms with van der Waals surface area (Å²) in [7, 11) is 0. The Labute approximate surface area is 111 Å². The van der Waals surface area contributed by atoms with E-state index in [1.165, 1.54) is 6.07 Å². The van der Waals surface area contributed by atoms with Gasteiger partial charge in [-0.2, -0.15) is 0 Å². The van der Waals surface area contributed by atoms with Gasteiger partial charge >= 0.3 is 5.97 Å². The minimum absolute atomic E-state index is 0.0780. The fraction of sp³-hybridized carbons (Fsp3) is 0.429. The average molecular weight is 263 g/mol. The highest BCUT2D eigenvalue weighted by atomic mass is 16.4. The average Bonchev–Trinajstić information content (AvgIpc) is 2.25. The molecule has 5 heteroatoms. The second kappa shape index (κ2) is 4.91. The van der Waals surface area contributed by atoms with Crippen LogP contribution in [0.15, 0.2) is 18.2 Å². The molecule has 19 heavy (non-hydrogen) atoms. The third kappa shape index (κ3) is 2.86. The maximum atomic E-state index is 12.1. The number of aryl methyl sites for hydroxylation is 1. The number of phenols is 1. The summed E-state index contributed by atoms with van der Waals surface area (Å²) in [5, 5.41) is 21.4. The minimum Gasteiger partial charge on any atom is -0.507 e. The molecule has 1 amide bonds. The number of nitrogens with one attached hydrogen (secondary N) is 1. The molecule has 1 aromatic rings. The Morgan fingerprint density at radius 1 is 1.37 bits per heavy atom. The number of benzene rings is 1. The predicted octanol–water partition coefficient (Wildman–Crippen LogP) is 1.83. The molecule has 1 aliphatic carbocycles. The molecule has 0 spiro atoms. The molecule has 1 fully saturated rings. The topological polar surface area (TPSA) is 86.6 Å². The van der Waals surface area contributed by atoms with Crippen molar-refractivity contribution < 1.29 is 19.8 Å². The normalized spacial score (nSPS) is 16.5. The van der Waals surface area contributed by atoms with Crippen LogP contribution in [-0.2, 0) is 4.79 Å². The number of aromatic hydroxyl groups is 1. The van der Waals surface area contributed by atoms with Crippen molar-refractivity contribution in [3.63, 3.8) is 0 Å². The number of hydrogen-bond donors (Lipinski definition) is 3. The first kappa shape index (κ1) is 13.4. The molecule has 0 aliphatic heterocycles. The van der Waals surface area contributed by atoms with Crippen molar-refractivity contribution in [1.82, 2.24) is 5.32 Å². The number of carboxylic acids is 1. The van der Waals surface area contributed by atoms with Gasteiger partial charge in [0.2, 0.25) is 0 Å². The van der Waals surface area contributed by atoms with E-state index in [0.29, 0.717) is 12.8 Å². The molecule has 1 saturated carbocycles. The molecule has 0 radical (unpaired) electrons. The summed E-state index contributed by atoms with van der Waals surface area (Å²) in [5.74, 6) is -1.42. The second-order valence-corrected chi connectivity index (χ2v) is 5.18. The number of aliphatic carboxylic acids is 1. The smallest absolute Gasteiger partial charge is 0.305 e. The van der Waals surface area contributed by atoms with Crippen LogP contribution in [0, 0.1) is 6.92 Å². The van der Waals surface area contributed by atoms with E-state index in [2.05, 4.69) is 5.32 Å². The van der Waals surface area contributed by atoms with Crippen molar-refractivity contribution in [3.8, 4) is 5.75 Å². The van der Waals surface area contributed by atoms with Crippen LogP contribution >= 0.6 is 0 Å². The molecule has 0 atom stereocenters. The van der Waals surface area contributed by atoms with Gasteiger partial charge in [-0.3, -0.25) is 9.59 Å². The molecule has 1 aromatic carbocycles. The van der Waals surface area contributed by atoms with Gasteiger partial charge in [-0.05, 0) is 43.9 Å². The summed E-state index contributed by atoms with van der Waals surface area (Å²) in [4.78, 5) is 22.9. The van der Waals surface area contributed by atoms with Gasteiger partial charge in [0.1, 0.15) is 5.75 Å². The zero-order valence-corrected chi connectivity index (χ0v) is 10.8. The van der Waals surface area contributed by atoms with Crippen LogP contribution in [0.4, 0.5) is 0 Å². The lowest BCUT2D eigenvalue weighted by Crippen LogP contribution is -2.54. The molecule has 0 aromatic heterocycles. The van der Waals surface area contributed by atoms with Crippen LogP contribution in [0.25, 0.3) is 0 Å². The maximum absolute atomic E-state index is 12.1. The van der Waals surface area contributed by atoms with Crippen molar-refractivity contribution in [1.29, 1.82) is 0 Å². The van der Waals surface area contributed by atoms with Crippen LogP contribution in [0.5, 0.6) is 5.75 Å². The monoisotopic (exact) mass is 263 g/mol. The number of phenolic OH excluding ortho intramolecular Hbond substituents is 1. The molecular formula is C14H17NO4. The molecule has 2 rings (SSSR count). The van der Waals surface area contributed by atoms with Gasteiger partial charge in [0.05, 0.1) is 17.5 Å². The Kier molecular flexibility index (Phi) is 3.46. The fourth-order valence-corrected chi connectivity index (χ4v) is 2.38. The summed E-state index contributed by atoms with van der Waals surface area (Å²) in [5.41, 5.74) is 0.389. The Balaban J connectivity index is 2.13. The van der Waals surface area contributed by atoms with Crippen LogP contribution in [0.3, 0.4) is 0 Å². The first-order chi connectivity index (χ1) is 8.92. The summed E-state index contributed by atoms with van der Waals surface area (Å²) < 4.78 is 0. The summed E-state index contributed by atoms with van der Waals surface area (Å²) in [6, 6.07) is 4.80. The highest BCUT2D eigenvalue weighted by Gasteiger charge is 2.40. The highest BCUT2D eigenvalue weighted by Crippen LogP contribution is 2.35. The molecule has 1 aliphatic rings. The fourth-order valence-electron chi connectivity index (χ4n) is 2.38. The molecule has 0 unspecified atom stereocenters. The Bertz CT molecular complexity index is 520. The molecule has 102 valence electrons. The predicted molar refractivity (Wildman–Crippen MR) is 69.1 cm³/mol. The van der Waals surface area contributed by atoms with Gasteiger partial charge < -0.3 is 15.5 Å². The minimum atomic E-state index is -0.923. The lowest BCUT2D eigenvalue weighted by molar-refractivity contribution is -0.139. The maximum Gasteiger partial charge on any atom is 0.305 e. The molecule has 0 saturated heterocycles. The van der Waals surface area contributed by atoms with Crippen LogP contribution in [0.2, 0.25) is 0 Å². The van der Waals surface area contributed by atoms with E-state index in [1.54, 1.807) is 12.1 Å². The highest BCUT2D eigenvalue weighted by molar-refractivity contribution is 5.97. The lowest BCUT2D eigenvalue weighted by Gasteiger charge is -2.41. The van der Waals surface area contributed by atoms with Gasteiger partial charge in [-0.1, -0.05) is 6.07 Å². The summed E-state index contributed by atoms with van der Waals surface area (Å²) in [6.07, 6.45) is 2.16. The Morgan fingerprint density at radius 3 is 2.53 bits per heavy atom. The van der Waals surface area contributed by atoms with Crippen molar-refractivity contribution in [2.45, 2.75) is 38.1 Å². The third-order valence-electron chi connectivity index (χ3n) is 3.58. The Hall–Kier alpha value is -2.04. The summed E-state index contributed by atoms with van der Waals surface area (Å²) >= 11 is 0. The zero-order chi connectivity index (χ0) is 14.0. The van der Waals surface area contributed by atoms with Gasteiger partial charge in [0.25, 0.3) is 5.91 Å². The van der Waals surface area contributed by atoms with Gasteiger partial charge in [0, 0.05) is 0 Å². The van der Waals surface area contributed by atoms with E-state index >= 15 is 0 Å². The van der Waals surface area contributed by atoms with Crippen molar-refractivity contribution >= 4 is 11.9 Å². The number of carbonyl (C=O) groups is 2. The first-order valence-corrected chi connectivity index (χ1v) is 6.26. The zero-order valence-electron chi connectivity index (χ0n) is 10.8. The second-order valence-electron chi connectivity index (χ2n) is 5.18. The van der Waals surface area contributed by atoms with Gasteiger partial charge in [-0.15, -0.1) is 0 Å². The van der Waals surface area contributed by atoms with E-state index in [1.807, 2.05) is 6.92 Å². The quantitative estimate of drug-likeness (QED) is 0.773.